The average molecular weight is 235 g/mol. The van der Waals surface area contributed by atoms with Crippen LogP contribution >= 0.6 is 0 Å². The van der Waals surface area contributed by atoms with Crippen LogP contribution in [0.3, 0.4) is 0 Å². The summed E-state index contributed by atoms with van der Waals surface area (Å²) in [6, 6.07) is 3.64. The normalized spacial score (nSPS) is 24.6. The molecule has 94 valence electrons. The SMILES string of the molecule is CCC1CCCC(Oc2cc(CO)ccn2)C1. The molecule has 2 unspecified atom stereocenters. The fourth-order valence-corrected chi connectivity index (χ4v) is 2.50. The van der Waals surface area contributed by atoms with E-state index in [2.05, 4.69) is 11.9 Å². The van der Waals surface area contributed by atoms with Crippen LogP contribution < -0.4 is 4.74 Å². The molecule has 1 aliphatic rings. The second-order valence-electron chi connectivity index (χ2n) is 4.84. The van der Waals surface area contributed by atoms with Crippen LogP contribution in [-0.2, 0) is 6.61 Å². The zero-order valence-electron chi connectivity index (χ0n) is 10.4. The summed E-state index contributed by atoms with van der Waals surface area (Å²) in [6.45, 7) is 2.29. The van der Waals surface area contributed by atoms with E-state index in [4.69, 9.17) is 9.84 Å². The summed E-state index contributed by atoms with van der Waals surface area (Å²) in [5, 5.41) is 9.06. The van der Waals surface area contributed by atoms with Gasteiger partial charge in [-0.05, 0) is 36.8 Å². The molecular formula is C14H21NO2. The molecule has 3 nitrogen and oxygen atoms in total. The first-order chi connectivity index (χ1) is 8.31. The predicted octanol–water partition coefficient (Wildman–Crippen LogP) is 2.92. The van der Waals surface area contributed by atoms with Crippen LogP contribution in [0.1, 0.15) is 44.6 Å². The maximum Gasteiger partial charge on any atom is 0.213 e. The summed E-state index contributed by atoms with van der Waals surface area (Å²) < 4.78 is 5.91. The fourth-order valence-electron chi connectivity index (χ4n) is 2.50. The van der Waals surface area contributed by atoms with Crippen LogP contribution in [0.15, 0.2) is 18.3 Å². The van der Waals surface area contributed by atoms with Crippen LogP contribution in [0.2, 0.25) is 0 Å². The lowest BCUT2D eigenvalue weighted by Gasteiger charge is -2.28. The van der Waals surface area contributed by atoms with Gasteiger partial charge in [0.05, 0.1) is 6.61 Å². The third-order valence-corrected chi connectivity index (χ3v) is 3.58. The van der Waals surface area contributed by atoms with Crippen molar-refractivity contribution in [1.29, 1.82) is 0 Å². The molecule has 3 heteroatoms. The first-order valence-corrected chi connectivity index (χ1v) is 6.54. The van der Waals surface area contributed by atoms with Crippen molar-refractivity contribution in [3.05, 3.63) is 23.9 Å². The van der Waals surface area contributed by atoms with Gasteiger partial charge in [0.25, 0.3) is 0 Å². The molecule has 2 atom stereocenters. The lowest BCUT2D eigenvalue weighted by molar-refractivity contribution is 0.117. The van der Waals surface area contributed by atoms with Gasteiger partial charge in [-0.3, -0.25) is 0 Å². The van der Waals surface area contributed by atoms with E-state index in [0.29, 0.717) is 12.0 Å². The number of aliphatic hydroxyl groups is 1. The third kappa shape index (κ3) is 3.43. The Kier molecular flexibility index (Phi) is 4.37. The van der Waals surface area contributed by atoms with Gasteiger partial charge in [-0.2, -0.15) is 0 Å². The lowest BCUT2D eigenvalue weighted by atomic mass is 9.85. The quantitative estimate of drug-likeness (QED) is 0.872. The smallest absolute Gasteiger partial charge is 0.213 e. The molecule has 2 rings (SSSR count). The summed E-state index contributed by atoms with van der Waals surface area (Å²) in [4.78, 5) is 4.20. The summed E-state index contributed by atoms with van der Waals surface area (Å²) >= 11 is 0. The zero-order valence-corrected chi connectivity index (χ0v) is 10.4. The van der Waals surface area contributed by atoms with Gasteiger partial charge < -0.3 is 9.84 Å². The first kappa shape index (κ1) is 12.4. The molecule has 0 aliphatic heterocycles. The molecule has 0 spiro atoms. The summed E-state index contributed by atoms with van der Waals surface area (Å²) in [6.07, 6.45) is 8.09. The van der Waals surface area contributed by atoms with Crippen molar-refractivity contribution in [1.82, 2.24) is 4.98 Å². The highest BCUT2D eigenvalue weighted by Crippen LogP contribution is 2.29. The Morgan fingerprint density at radius 1 is 1.47 bits per heavy atom. The predicted molar refractivity (Wildman–Crippen MR) is 66.8 cm³/mol. The fraction of sp³-hybridized carbons (Fsp3) is 0.643. The second kappa shape index (κ2) is 6.01. The van der Waals surface area contributed by atoms with E-state index in [1.807, 2.05) is 12.1 Å². The third-order valence-electron chi connectivity index (χ3n) is 3.58. The Morgan fingerprint density at radius 3 is 3.12 bits per heavy atom. The first-order valence-electron chi connectivity index (χ1n) is 6.54. The minimum atomic E-state index is 0.0428. The van der Waals surface area contributed by atoms with Crippen molar-refractivity contribution >= 4 is 0 Å². The highest BCUT2D eigenvalue weighted by Gasteiger charge is 2.22. The van der Waals surface area contributed by atoms with Gasteiger partial charge in [-0.15, -0.1) is 0 Å². The lowest BCUT2D eigenvalue weighted by Crippen LogP contribution is -2.25. The zero-order chi connectivity index (χ0) is 12.1. The molecular weight excluding hydrogens is 214 g/mol. The molecule has 1 fully saturated rings. The standard InChI is InChI=1S/C14H21NO2/c1-2-11-4-3-5-13(8-11)17-14-9-12(10-16)6-7-15-14/h6-7,9,11,13,16H,2-5,8,10H2,1H3. The number of aliphatic hydroxyl groups excluding tert-OH is 1. The van der Waals surface area contributed by atoms with Crippen molar-refractivity contribution in [3.63, 3.8) is 0 Å². The van der Waals surface area contributed by atoms with Crippen LogP contribution in [0.4, 0.5) is 0 Å². The van der Waals surface area contributed by atoms with E-state index >= 15 is 0 Å². The van der Waals surface area contributed by atoms with Crippen molar-refractivity contribution in [2.75, 3.05) is 0 Å². The maximum atomic E-state index is 9.06. The minimum absolute atomic E-state index is 0.0428. The Bertz CT molecular complexity index is 354. The van der Waals surface area contributed by atoms with Crippen LogP contribution in [0, 0.1) is 5.92 Å². The molecule has 1 heterocycles. The molecule has 1 aromatic heterocycles. The number of pyridine rings is 1. The van der Waals surface area contributed by atoms with E-state index in [9.17, 15) is 0 Å². The molecule has 1 N–H and O–H groups in total. The van der Waals surface area contributed by atoms with Gasteiger partial charge in [0.15, 0.2) is 0 Å². The number of hydrogen-bond acceptors (Lipinski definition) is 3. The molecule has 0 saturated heterocycles. The Morgan fingerprint density at radius 2 is 2.35 bits per heavy atom. The van der Waals surface area contributed by atoms with Gasteiger partial charge in [0.2, 0.25) is 5.88 Å². The van der Waals surface area contributed by atoms with Crippen molar-refractivity contribution in [3.8, 4) is 5.88 Å². The van der Waals surface area contributed by atoms with Crippen LogP contribution in [-0.4, -0.2) is 16.2 Å². The summed E-state index contributed by atoms with van der Waals surface area (Å²) in [7, 11) is 0. The molecule has 1 saturated carbocycles. The van der Waals surface area contributed by atoms with Crippen molar-refractivity contribution < 1.29 is 9.84 Å². The van der Waals surface area contributed by atoms with Crippen LogP contribution in [0.25, 0.3) is 0 Å². The molecule has 0 bridgehead atoms. The van der Waals surface area contributed by atoms with Crippen molar-refractivity contribution in [2.24, 2.45) is 5.92 Å². The monoisotopic (exact) mass is 235 g/mol. The number of ether oxygens (including phenoxy) is 1. The van der Waals surface area contributed by atoms with E-state index < -0.39 is 0 Å². The Balaban J connectivity index is 1.95. The largest absolute Gasteiger partial charge is 0.474 e. The van der Waals surface area contributed by atoms with Gasteiger partial charge in [0.1, 0.15) is 6.10 Å². The van der Waals surface area contributed by atoms with Gasteiger partial charge in [0, 0.05) is 12.3 Å². The molecule has 0 radical (unpaired) electrons. The highest BCUT2D eigenvalue weighted by molar-refractivity contribution is 5.19. The van der Waals surface area contributed by atoms with Gasteiger partial charge in [-0.1, -0.05) is 19.8 Å². The van der Waals surface area contributed by atoms with Crippen LogP contribution in [0.5, 0.6) is 5.88 Å². The number of hydrogen-bond donors (Lipinski definition) is 1. The molecule has 0 aromatic carbocycles. The number of rotatable bonds is 4. The van der Waals surface area contributed by atoms with Gasteiger partial charge >= 0.3 is 0 Å². The molecule has 1 aliphatic carbocycles. The van der Waals surface area contributed by atoms with E-state index in [-0.39, 0.29) is 6.61 Å². The number of nitrogens with zero attached hydrogens (tertiary/aromatic N) is 1. The number of aromatic nitrogens is 1. The van der Waals surface area contributed by atoms with E-state index in [0.717, 1.165) is 24.3 Å². The second-order valence-corrected chi connectivity index (χ2v) is 4.84. The van der Waals surface area contributed by atoms with Crippen molar-refractivity contribution in [2.45, 2.75) is 51.7 Å². The average Bonchev–Trinajstić information content (AvgIpc) is 2.39. The summed E-state index contributed by atoms with van der Waals surface area (Å²) in [5.74, 6) is 1.45. The van der Waals surface area contributed by atoms with E-state index in [1.54, 1.807) is 6.20 Å². The van der Waals surface area contributed by atoms with E-state index in [1.165, 1.54) is 19.3 Å². The Labute approximate surface area is 103 Å². The topological polar surface area (TPSA) is 42.4 Å². The molecule has 0 amide bonds. The minimum Gasteiger partial charge on any atom is -0.474 e. The highest BCUT2D eigenvalue weighted by atomic mass is 16.5. The summed E-state index contributed by atoms with van der Waals surface area (Å²) in [5.41, 5.74) is 0.859. The maximum absolute atomic E-state index is 9.06. The van der Waals surface area contributed by atoms with Gasteiger partial charge in [-0.25, -0.2) is 4.98 Å². The molecule has 17 heavy (non-hydrogen) atoms. The Hall–Kier alpha value is -1.09. The molecule has 1 aromatic rings.